The number of ether oxygens (including phenoxy) is 1. The highest BCUT2D eigenvalue weighted by Gasteiger charge is 2.12. The van der Waals surface area contributed by atoms with Crippen molar-refractivity contribution in [2.45, 2.75) is 20.0 Å². The van der Waals surface area contributed by atoms with Gasteiger partial charge in [-0.3, -0.25) is 0 Å². The Bertz CT molecular complexity index is 763. The molecule has 3 rings (SSSR count). The number of carbonyl (C=O) groups excluding carboxylic acids is 1. The summed E-state index contributed by atoms with van der Waals surface area (Å²) in [5.41, 5.74) is 3.63. The molecule has 0 aliphatic heterocycles. The van der Waals surface area contributed by atoms with E-state index in [9.17, 15) is 4.79 Å². The van der Waals surface area contributed by atoms with Crippen LogP contribution < -0.4 is 4.74 Å². The van der Waals surface area contributed by atoms with Crippen molar-refractivity contribution in [1.82, 2.24) is 9.38 Å². The van der Waals surface area contributed by atoms with Gasteiger partial charge in [0.15, 0.2) is 11.4 Å². The van der Waals surface area contributed by atoms with Gasteiger partial charge in [-0.2, -0.15) is 0 Å². The third kappa shape index (κ3) is 2.65. The first kappa shape index (κ1) is 13.4. The maximum Gasteiger partial charge on any atom is 0.180 e. The lowest BCUT2D eigenvalue weighted by atomic mass is 10.2. The van der Waals surface area contributed by atoms with Crippen LogP contribution in [-0.2, 0) is 17.8 Å². The van der Waals surface area contributed by atoms with Gasteiger partial charge in [0.25, 0.3) is 0 Å². The van der Waals surface area contributed by atoms with Crippen LogP contribution in [0.15, 0.2) is 48.7 Å². The molecule has 2 heterocycles. The van der Waals surface area contributed by atoms with Crippen molar-refractivity contribution in [3.8, 4) is 5.75 Å². The van der Waals surface area contributed by atoms with E-state index in [0.29, 0.717) is 13.0 Å². The molecule has 0 saturated carbocycles. The van der Waals surface area contributed by atoms with Crippen LogP contribution in [-0.4, -0.2) is 15.7 Å². The molecule has 4 nitrogen and oxygen atoms in total. The fourth-order valence-corrected chi connectivity index (χ4v) is 2.38. The molecule has 0 atom stereocenters. The summed E-state index contributed by atoms with van der Waals surface area (Å²) in [6.07, 6.45) is 3.16. The van der Waals surface area contributed by atoms with Crippen molar-refractivity contribution in [3.63, 3.8) is 0 Å². The van der Waals surface area contributed by atoms with Gasteiger partial charge in [0.05, 0.1) is 11.4 Å². The van der Waals surface area contributed by atoms with Gasteiger partial charge in [-0.25, -0.2) is 4.98 Å². The van der Waals surface area contributed by atoms with Gasteiger partial charge >= 0.3 is 0 Å². The molecule has 0 unspecified atom stereocenters. The normalized spacial score (nSPS) is 10.7. The van der Waals surface area contributed by atoms with Gasteiger partial charge in [-0.1, -0.05) is 30.3 Å². The van der Waals surface area contributed by atoms with Crippen LogP contribution in [0.4, 0.5) is 0 Å². The number of rotatable bonds is 5. The molecule has 0 saturated heterocycles. The highest BCUT2D eigenvalue weighted by Crippen LogP contribution is 2.23. The highest BCUT2D eigenvalue weighted by molar-refractivity contribution is 5.60. The Morgan fingerprint density at radius 3 is 2.76 bits per heavy atom. The van der Waals surface area contributed by atoms with Gasteiger partial charge < -0.3 is 13.9 Å². The number of benzene rings is 1. The van der Waals surface area contributed by atoms with Gasteiger partial charge in [0, 0.05) is 12.6 Å². The van der Waals surface area contributed by atoms with Crippen molar-refractivity contribution in [1.29, 1.82) is 0 Å². The summed E-state index contributed by atoms with van der Waals surface area (Å²) >= 11 is 0. The Hall–Kier alpha value is -2.62. The minimum atomic E-state index is 0.356. The van der Waals surface area contributed by atoms with Crippen LogP contribution in [0.5, 0.6) is 5.75 Å². The highest BCUT2D eigenvalue weighted by atomic mass is 16.5. The van der Waals surface area contributed by atoms with E-state index in [1.165, 1.54) is 0 Å². The molecule has 0 aliphatic rings. The molecule has 1 aromatic carbocycles. The summed E-state index contributed by atoms with van der Waals surface area (Å²) in [4.78, 5) is 15.3. The number of aryl methyl sites for hydroxylation is 1. The molecule has 2 aromatic heterocycles. The molecule has 0 radical (unpaired) electrons. The van der Waals surface area contributed by atoms with Gasteiger partial charge in [-0.05, 0) is 24.6 Å². The van der Waals surface area contributed by atoms with Crippen LogP contribution in [0.25, 0.3) is 5.65 Å². The second-order valence-electron chi connectivity index (χ2n) is 4.86. The average molecular weight is 280 g/mol. The summed E-state index contributed by atoms with van der Waals surface area (Å²) in [6, 6.07) is 13.8. The van der Waals surface area contributed by atoms with Crippen LogP contribution in [0, 0.1) is 6.92 Å². The molecule has 3 aromatic rings. The summed E-state index contributed by atoms with van der Waals surface area (Å²) in [5, 5.41) is 0. The monoisotopic (exact) mass is 280 g/mol. The van der Waals surface area contributed by atoms with Crippen molar-refractivity contribution in [3.05, 3.63) is 65.6 Å². The molecular formula is C17H16N2O2. The van der Waals surface area contributed by atoms with Gasteiger partial charge in [0.1, 0.15) is 12.9 Å². The van der Waals surface area contributed by atoms with E-state index >= 15 is 0 Å². The molecule has 0 amide bonds. The minimum Gasteiger partial charge on any atom is -0.485 e. The van der Waals surface area contributed by atoms with E-state index in [4.69, 9.17) is 4.74 Å². The molecule has 21 heavy (non-hydrogen) atoms. The van der Waals surface area contributed by atoms with E-state index in [1.54, 1.807) is 0 Å². The van der Waals surface area contributed by atoms with Crippen LogP contribution in [0.1, 0.15) is 17.0 Å². The number of aldehydes is 1. The molecule has 0 bridgehead atoms. The lowest BCUT2D eigenvalue weighted by Crippen LogP contribution is -1.99. The van der Waals surface area contributed by atoms with Gasteiger partial charge in [-0.15, -0.1) is 0 Å². The fourth-order valence-electron chi connectivity index (χ4n) is 2.38. The molecule has 106 valence electrons. The number of nitrogens with zero attached hydrogens (tertiary/aromatic N) is 2. The van der Waals surface area contributed by atoms with Crippen LogP contribution >= 0.6 is 0 Å². The summed E-state index contributed by atoms with van der Waals surface area (Å²) < 4.78 is 7.80. The predicted molar refractivity (Wildman–Crippen MR) is 80.5 cm³/mol. The van der Waals surface area contributed by atoms with E-state index in [0.717, 1.165) is 34.6 Å². The Morgan fingerprint density at radius 2 is 2.00 bits per heavy atom. The number of hydrogen-bond donors (Lipinski definition) is 0. The van der Waals surface area contributed by atoms with E-state index in [1.807, 2.05) is 60.0 Å². The Kier molecular flexibility index (Phi) is 3.69. The number of pyridine rings is 1. The Morgan fingerprint density at radius 1 is 1.19 bits per heavy atom. The van der Waals surface area contributed by atoms with Crippen LogP contribution in [0.3, 0.4) is 0 Å². The zero-order valence-corrected chi connectivity index (χ0v) is 11.8. The van der Waals surface area contributed by atoms with Crippen molar-refractivity contribution in [2.75, 3.05) is 0 Å². The quantitative estimate of drug-likeness (QED) is 0.675. The second-order valence-corrected chi connectivity index (χ2v) is 4.86. The Labute approximate surface area is 123 Å². The number of carbonyl (C=O) groups is 1. The average Bonchev–Trinajstić information content (AvgIpc) is 2.83. The standard InChI is InChI=1S/C17H16N2O2/c1-13-15(9-11-20)19-10-5-8-16(17(19)18-13)21-12-14-6-3-2-4-7-14/h2-8,10-11H,9,12H2,1H3. The smallest absolute Gasteiger partial charge is 0.180 e. The topological polar surface area (TPSA) is 43.6 Å². The largest absolute Gasteiger partial charge is 0.485 e. The maximum absolute atomic E-state index is 10.8. The molecule has 4 heteroatoms. The predicted octanol–water partition coefficient (Wildman–Crippen LogP) is 2.96. The summed E-state index contributed by atoms with van der Waals surface area (Å²) in [7, 11) is 0. The van der Waals surface area contributed by atoms with Crippen molar-refractivity contribution >= 4 is 11.9 Å². The van der Waals surface area contributed by atoms with Crippen molar-refractivity contribution < 1.29 is 9.53 Å². The first-order valence-corrected chi connectivity index (χ1v) is 6.86. The number of aromatic nitrogens is 2. The second kappa shape index (κ2) is 5.79. The third-order valence-electron chi connectivity index (χ3n) is 3.43. The molecule has 0 spiro atoms. The Balaban J connectivity index is 1.92. The fraction of sp³-hybridized carbons (Fsp3) is 0.176. The third-order valence-corrected chi connectivity index (χ3v) is 3.43. The van der Waals surface area contributed by atoms with Crippen LogP contribution in [0.2, 0.25) is 0 Å². The zero-order chi connectivity index (χ0) is 14.7. The van der Waals surface area contributed by atoms with E-state index in [-0.39, 0.29) is 0 Å². The molecule has 0 aliphatic carbocycles. The summed E-state index contributed by atoms with van der Waals surface area (Å²) in [5.74, 6) is 0.724. The first-order chi connectivity index (χ1) is 10.3. The first-order valence-electron chi connectivity index (χ1n) is 6.86. The lowest BCUT2D eigenvalue weighted by Gasteiger charge is -2.07. The lowest BCUT2D eigenvalue weighted by molar-refractivity contribution is -0.107. The maximum atomic E-state index is 10.8. The number of hydrogen-bond acceptors (Lipinski definition) is 3. The summed E-state index contributed by atoms with van der Waals surface area (Å²) in [6.45, 7) is 2.41. The van der Waals surface area contributed by atoms with Crippen molar-refractivity contribution in [2.24, 2.45) is 0 Å². The molecule has 0 N–H and O–H groups in total. The minimum absolute atomic E-state index is 0.356. The number of imidazole rings is 1. The van der Waals surface area contributed by atoms with Gasteiger partial charge in [0.2, 0.25) is 0 Å². The van der Waals surface area contributed by atoms with E-state index in [2.05, 4.69) is 4.98 Å². The number of fused-ring (bicyclic) bond motifs is 1. The van der Waals surface area contributed by atoms with E-state index < -0.39 is 0 Å². The molecular weight excluding hydrogens is 264 g/mol. The SMILES string of the molecule is Cc1nc2c(OCc3ccccc3)cccn2c1CC=O. The molecule has 0 fully saturated rings. The zero-order valence-electron chi connectivity index (χ0n) is 11.8.